The highest BCUT2D eigenvalue weighted by molar-refractivity contribution is 6.26. The van der Waals surface area contributed by atoms with E-state index in [0.717, 1.165) is 0 Å². The van der Waals surface area contributed by atoms with Gasteiger partial charge in [-0.3, -0.25) is 0 Å². The van der Waals surface area contributed by atoms with Crippen LogP contribution in [0.15, 0.2) is 85.1 Å². The minimum absolute atomic E-state index is 0.507. The molecule has 2 heteroatoms. The summed E-state index contributed by atoms with van der Waals surface area (Å²) < 4.78 is 4.81. The first kappa shape index (κ1) is 19.5. The highest BCUT2D eigenvalue weighted by atomic mass is 15.0. The molecule has 0 radical (unpaired) electrons. The molecule has 0 atom stereocenters. The summed E-state index contributed by atoms with van der Waals surface area (Å²) in [6, 6.07) is 29.5. The van der Waals surface area contributed by atoms with Crippen LogP contribution in [-0.4, -0.2) is 4.40 Å². The molecule has 7 aromatic rings. The Morgan fingerprint density at radius 3 is 2.44 bits per heavy atom. The van der Waals surface area contributed by atoms with Gasteiger partial charge in [0.1, 0.15) is 7.05 Å². The first-order chi connectivity index (χ1) is 16.5. The molecule has 3 aromatic heterocycles. The summed E-state index contributed by atoms with van der Waals surface area (Å²) in [5.74, 6) is 0.507. The molecular formula is C32H27N2+. The van der Waals surface area contributed by atoms with Gasteiger partial charge in [-0.2, -0.15) is 0 Å². The number of hydrogen-bond donors (Lipinski definition) is 0. The van der Waals surface area contributed by atoms with Gasteiger partial charge >= 0.3 is 0 Å². The van der Waals surface area contributed by atoms with E-state index in [0.29, 0.717) is 5.92 Å². The van der Waals surface area contributed by atoms with Gasteiger partial charge < -0.3 is 4.40 Å². The van der Waals surface area contributed by atoms with Crippen molar-refractivity contribution in [2.75, 3.05) is 0 Å². The third-order valence-corrected chi connectivity index (χ3v) is 7.62. The van der Waals surface area contributed by atoms with Gasteiger partial charge in [-0.1, -0.05) is 68.4 Å². The van der Waals surface area contributed by atoms with Gasteiger partial charge in [0.2, 0.25) is 5.52 Å². The van der Waals surface area contributed by atoms with E-state index in [4.69, 9.17) is 0 Å². The fourth-order valence-electron chi connectivity index (χ4n) is 5.91. The molecule has 7 rings (SSSR count). The predicted molar refractivity (Wildman–Crippen MR) is 144 cm³/mol. The molecule has 0 bridgehead atoms. The van der Waals surface area contributed by atoms with Gasteiger partial charge in [0, 0.05) is 16.8 Å². The van der Waals surface area contributed by atoms with Crippen LogP contribution in [0, 0.1) is 6.92 Å². The standard InChI is InChI=1S/C32H27N2/c1-19(2)21-8-7-9-22(16-21)24-17-23-14-15-33(4)32-29-20(3)12-13-26-25-10-5-6-11-27(25)34(31(26)29)28(18-24)30(23)32/h5-19H,1-4H3/q+1. The van der Waals surface area contributed by atoms with Crippen molar-refractivity contribution in [2.45, 2.75) is 26.7 Å². The number of fused-ring (bicyclic) bond motifs is 5. The SMILES string of the molecule is Cc1ccc2c3ccccc3n3c4cc(-c5cccc(C(C)C)c5)cc5cc[n+](C)c(c1c23)c54. The van der Waals surface area contributed by atoms with Crippen LogP contribution >= 0.6 is 0 Å². The third-order valence-electron chi connectivity index (χ3n) is 7.62. The lowest BCUT2D eigenvalue weighted by Crippen LogP contribution is -2.28. The molecule has 0 saturated heterocycles. The van der Waals surface area contributed by atoms with Crippen molar-refractivity contribution in [3.8, 4) is 11.1 Å². The molecule has 0 N–H and O–H groups in total. The fraction of sp³-hybridized carbons (Fsp3) is 0.156. The summed E-state index contributed by atoms with van der Waals surface area (Å²) in [5.41, 5.74) is 10.4. The van der Waals surface area contributed by atoms with Gasteiger partial charge in [0.15, 0.2) is 6.20 Å². The van der Waals surface area contributed by atoms with Crippen molar-refractivity contribution in [3.05, 3.63) is 96.2 Å². The van der Waals surface area contributed by atoms with E-state index in [2.05, 4.69) is 122 Å². The number of benzene rings is 4. The third kappa shape index (κ3) is 2.48. The Morgan fingerprint density at radius 1 is 0.735 bits per heavy atom. The van der Waals surface area contributed by atoms with Crippen molar-refractivity contribution in [3.63, 3.8) is 0 Å². The Hall–Kier alpha value is -3.91. The quantitative estimate of drug-likeness (QED) is 0.147. The molecule has 0 aliphatic rings. The Kier molecular flexibility index (Phi) is 3.91. The van der Waals surface area contributed by atoms with Crippen LogP contribution in [0.4, 0.5) is 0 Å². The second-order valence-electron chi connectivity index (χ2n) is 10.0. The predicted octanol–water partition coefficient (Wildman–Crippen LogP) is 7.91. The average Bonchev–Trinajstić information content (AvgIpc) is 3.19. The van der Waals surface area contributed by atoms with Crippen LogP contribution in [0.25, 0.3) is 60.1 Å². The molecule has 34 heavy (non-hydrogen) atoms. The molecule has 164 valence electrons. The molecule has 0 unspecified atom stereocenters. The van der Waals surface area contributed by atoms with Crippen LogP contribution in [-0.2, 0) is 7.05 Å². The van der Waals surface area contributed by atoms with E-state index >= 15 is 0 Å². The smallest absolute Gasteiger partial charge is 0.224 e. The summed E-state index contributed by atoms with van der Waals surface area (Å²) in [7, 11) is 2.18. The monoisotopic (exact) mass is 439 g/mol. The largest absolute Gasteiger partial charge is 0.307 e. The summed E-state index contributed by atoms with van der Waals surface area (Å²) in [6.45, 7) is 6.77. The Balaban J connectivity index is 1.76. The van der Waals surface area contributed by atoms with Crippen LogP contribution < -0.4 is 4.57 Å². The van der Waals surface area contributed by atoms with Crippen molar-refractivity contribution >= 4 is 49.0 Å². The maximum atomic E-state index is 2.51. The second kappa shape index (κ2) is 6.80. The zero-order valence-corrected chi connectivity index (χ0v) is 20.1. The van der Waals surface area contributed by atoms with Gasteiger partial charge in [0.25, 0.3) is 0 Å². The molecule has 0 aliphatic heterocycles. The number of para-hydroxylation sites is 1. The number of rotatable bonds is 2. The number of pyridine rings is 2. The average molecular weight is 440 g/mol. The Bertz CT molecular complexity index is 1900. The van der Waals surface area contributed by atoms with Gasteiger partial charge in [-0.05, 0) is 58.7 Å². The lowest BCUT2D eigenvalue weighted by molar-refractivity contribution is -0.643. The molecule has 0 saturated carbocycles. The molecule has 0 spiro atoms. The molecular weight excluding hydrogens is 412 g/mol. The van der Waals surface area contributed by atoms with Crippen LogP contribution in [0.2, 0.25) is 0 Å². The van der Waals surface area contributed by atoms with Crippen molar-refractivity contribution in [1.82, 2.24) is 4.40 Å². The van der Waals surface area contributed by atoms with Crippen molar-refractivity contribution in [1.29, 1.82) is 0 Å². The maximum absolute atomic E-state index is 2.51. The van der Waals surface area contributed by atoms with Crippen molar-refractivity contribution < 1.29 is 4.57 Å². The molecule has 0 amide bonds. The minimum atomic E-state index is 0.507. The Morgan fingerprint density at radius 2 is 1.59 bits per heavy atom. The van der Waals surface area contributed by atoms with E-state index in [1.165, 1.54) is 71.3 Å². The second-order valence-corrected chi connectivity index (χ2v) is 10.0. The number of aromatic nitrogens is 2. The fourth-order valence-corrected chi connectivity index (χ4v) is 5.91. The molecule has 3 heterocycles. The van der Waals surface area contributed by atoms with Gasteiger partial charge in [0.05, 0.1) is 27.3 Å². The van der Waals surface area contributed by atoms with E-state index in [9.17, 15) is 0 Å². The molecule has 0 aliphatic carbocycles. The lowest BCUT2D eigenvalue weighted by Gasteiger charge is -2.15. The number of nitrogens with zero attached hydrogens (tertiary/aromatic N) is 2. The topological polar surface area (TPSA) is 8.29 Å². The van der Waals surface area contributed by atoms with Crippen LogP contribution in [0.1, 0.15) is 30.9 Å². The van der Waals surface area contributed by atoms with E-state index in [1.807, 2.05) is 0 Å². The molecule has 0 fully saturated rings. The highest BCUT2D eigenvalue weighted by Crippen LogP contribution is 2.42. The van der Waals surface area contributed by atoms with Gasteiger partial charge in [-0.25, -0.2) is 4.57 Å². The minimum Gasteiger partial charge on any atom is -0.307 e. The first-order valence-electron chi connectivity index (χ1n) is 12.1. The zero-order valence-electron chi connectivity index (χ0n) is 20.1. The normalized spacial score (nSPS) is 12.4. The number of aryl methyl sites for hydroxylation is 2. The summed E-state index contributed by atoms with van der Waals surface area (Å²) in [4.78, 5) is 0. The lowest BCUT2D eigenvalue weighted by atomic mass is 9.94. The summed E-state index contributed by atoms with van der Waals surface area (Å²) >= 11 is 0. The van der Waals surface area contributed by atoms with Gasteiger partial charge in [-0.15, -0.1) is 0 Å². The molecule has 2 nitrogen and oxygen atoms in total. The summed E-state index contributed by atoms with van der Waals surface area (Å²) in [6.07, 6.45) is 2.21. The highest BCUT2D eigenvalue weighted by Gasteiger charge is 2.24. The van der Waals surface area contributed by atoms with E-state index in [1.54, 1.807) is 0 Å². The molecule has 4 aromatic carbocycles. The maximum Gasteiger partial charge on any atom is 0.224 e. The van der Waals surface area contributed by atoms with Crippen LogP contribution in [0.3, 0.4) is 0 Å². The zero-order chi connectivity index (χ0) is 23.1. The van der Waals surface area contributed by atoms with E-state index in [-0.39, 0.29) is 0 Å². The Labute approximate surface area is 199 Å². The van der Waals surface area contributed by atoms with Crippen molar-refractivity contribution in [2.24, 2.45) is 7.05 Å². The van der Waals surface area contributed by atoms with E-state index < -0.39 is 0 Å². The summed E-state index contributed by atoms with van der Waals surface area (Å²) in [5, 5.41) is 6.61. The van der Waals surface area contributed by atoms with Crippen LogP contribution in [0.5, 0.6) is 0 Å². The first-order valence-corrected chi connectivity index (χ1v) is 12.1. The number of hydrogen-bond acceptors (Lipinski definition) is 0.